The Hall–Kier alpha value is -2.36. The van der Waals surface area contributed by atoms with Gasteiger partial charge >= 0.3 is 0 Å². The van der Waals surface area contributed by atoms with Crippen molar-refractivity contribution in [2.24, 2.45) is 0 Å². The van der Waals surface area contributed by atoms with Gasteiger partial charge in [0.05, 0.1) is 6.20 Å². The minimum absolute atomic E-state index is 0.0132. The van der Waals surface area contributed by atoms with Crippen molar-refractivity contribution in [2.45, 2.75) is 6.92 Å². The van der Waals surface area contributed by atoms with Crippen LogP contribution >= 0.6 is 0 Å². The predicted molar refractivity (Wildman–Crippen MR) is 62.4 cm³/mol. The van der Waals surface area contributed by atoms with Crippen LogP contribution < -0.4 is 4.74 Å². The van der Waals surface area contributed by atoms with Crippen molar-refractivity contribution in [1.29, 1.82) is 0 Å². The Bertz CT molecular complexity index is 517. The standard InChI is InChI=1S/C13H11NO3/c1-9(15)10-2-5-12(6-3-10)17-13-7-4-11(16)8-14-13/h2-8,16H,1H3. The summed E-state index contributed by atoms with van der Waals surface area (Å²) in [5.41, 5.74) is 0.635. The maximum absolute atomic E-state index is 11.1. The Kier molecular flexibility index (Phi) is 3.05. The Morgan fingerprint density at radius 3 is 2.41 bits per heavy atom. The van der Waals surface area contributed by atoms with E-state index in [1.807, 2.05) is 0 Å². The first-order valence-corrected chi connectivity index (χ1v) is 5.09. The zero-order valence-corrected chi connectivity index (χ0v) is 9.25. The molecule has 17 heavy (non-hydrogen) atoms. The number of benzene rings is 1. The molecule has 4 nitrogen and oxygen atoms in total. The lowest BCUT2D eigenvalue weighted by atomic mass is 10.1. The highest BCUT2D eigenvalue weighted by Gasteiger charge is 2.01. The van der Waals surface area contributed by atoms with Crippen LogP contribution in [0.5, 0.6) is 17.4 Å². The molecule has 0 saturated heterocycles. The van der Waals surface area contributed by atoms with Crippen molar-refractivity contribution in [3.63, 3.8) is 0 Å². The fourth-order valence-corrected chi connectivity index (χ4v) is 1.31. The van der Waals surface area contributed by atoms with E-state index in [0.717, 1.165) is 0 Å². The number of carbonyl (C=O) groups is 1. The average Bonchev–Trinajstić information content (AvgIpc) is 2.33. The Morgan fingerprint density at radius 2 is 1.88 bits per heavy atom. The molecule has 1 aromatic carbocycles. The maximum atomic E-state index is 11.1. The van der Waals surface area contributed by atoms with Crippen LogP contribution in [-0.2, 0) is 0 Å². The molecule has 0 atom stereocenters. The number of hydrogen-bond acceptors (Lipinski definition) is 4. The molecule has 2 rings (SSSR count). The summed E-state index contributed by atoms with van der Waals surface area (Å²) in [7, 11) is 0. The summed E-state index contributed by atoms with van der Waals surface area (Å²) in [6.07, 6.45) is 1.30. The fourth-order valence-electron chi connectivity index (χ4n) is 1.31. The highest BCUT2D eigenvalue weighted by Crippen LogP contribution is 2.21. The number of ether oxygens (including phenoxy) is 1. The van der Waals surface area contributed by atoms with Crippen LogP contribution in [-0.4, -0.2) is 15.9 Å². The lowest BCUT2D eigenvalue weighted by Crippen LogP contribution is -1.92. The molecule has 0 aliphatic rings. The third kappa shape index (κ3) is 2.81. The van der Waals surface area contributed by atoms with E-state index < -0.39 is 0 Å². The van der Waals surface area contributed by atoms with E-state index in [1.54, 1.807) is 30.3 Å². The first-order chi connectivity index (χ1) is 8.15. The second-order valence-corrected chi connectivity index (χ2v) is 3.54. The van der Waals surface area contributed by atoms with Gasteiger partial charge in [0.25, 0.3) is 0 Å². The smallest absolute Gasteiger partial charge is 0.219 e. The molecule has 0 aliphatic carbocycles. The van der Waals surface area contributed by atoms with E-state index in [9.17, 15) is 4.79 Å². The molecule has 0 spiro atoms. The number of hydrogen-bond donors (Lipinski definition) is 1. The van der Waals surface area contributed by atoms with Crippen LogP contribution in [0, 0.1) is 0 Å². The van der Waals surface area contributed by atoms with Crippen molar-refractivity contribution in [1.82, 2.24) is 4.98 Å². The third-order valence-corrected chi connectivity index (χ3v) is 2.20. The van der Waals surface area contributed by atoms with Gasteiger partial charge in [-0.25, -0.2) is 4.98 Å². The Balaban J connectivity index is 2.13. The van der Waals surface area contributed by atoms with Crippen molar-refractivity contribution in [3.05, 3.63) is 48.2 Å². The van der Waals surface area contributed by atoms with Gasteiger partial charge < -0.3 is 9.84 Å². The van der Waals surface area contributed by atoms with E-state index in [-0.39, 0.29) is 11.5 Å². The molecule has 0 fully saturated rings. The molecule has 0 radical (unpaired) electrons. The van der Waals surface area contributed by atoms with Crippen molar-refractivity contribution in [3.8, 4) is 17.4 Å². The molecule has 0 unspecified atom stereocenters. The third-order valence-electron chi connectivity index (χ3n) is 2.20. The van der Waals surface area contributed by atoms with Gasteiger partial charge in [-0.1, -0.05) is 0 Å². The number of Topliss-reactive ketones (excluding diaryl/α,β-unsaturated/α-hetero) is 1. The molecular formula is C13H11NO3. The van der Waals surface area contributed by atoms with Gasteiger partial charge in [-0.05, 0) is 37.3 Å². The number of nitrogens with zero attached hydrogens (tertiary/aromatic N) is 1. The number of pyridine rings is 1. The van der Waals surface area contributed by atoms with Crippen LogP contribution in [0.4, 0.5) is 0 Å². The van der Waals surface area contributed by atoms with E-state index >= 15 is 0 Å². The minimum atomic E-state index is 0.0132. The van der Waals surface area contributed by atoms with Crippen LogP contribution in [0.1, 0.15) is 17.3 Å². The number of ketones is 1. The van der Waals surface area contributed by atoms with Gasteiger partial charge in [0.2, 0.25) is 5.88 Å². The quantitative estimate of drug-likeness (QED) is 0.822. The molecular weight excluding hydrogens is 218 g/mol. The molecule has 0 amide bonds. The summed E-state index contributed by atoms with van der Waals surface area (Å²) >= 11 is 0. The topological polar surface area (TPSA) is 59.4 Å². The molecule has 0 saturated carbocycles. The molecule has 0 bridgehead atoms. The molecule has 0 aliphatic heterocycles. The van der Waals surface area contributed by atoms with E-state index in [1.165, 1.54) is 19.2 Å². The van der Waals surface area contributed by atoms with Crippen molar-refractivity contribution < 1.29 is 14.6 Å². The number of aromatic nitrogens is 1. The fraction of sp³-hybridized carbons (Fsp3) is 0.0769. The summed E-state index contributed by atoms with van der Waals surface area (Å²) in [5.74, 6) is 1.08. The van der Waals surface area contributed by atoms with Gasteiger partial charge in [-0.3, -0.25) is 4.79 Å². The van der Waals surface area contributed by atoms with E-state index in [4.69, 9.17) is 9.84 Å². The van der Waals surface area contributed by atoms with Crippen LogP contribution in [0.25, 0.3) is 0 Å². The van der Waals surface area contributed by atoms with Crippen LogP contribution in [0.2, 0.25) is 0 Å². The lowest BCUT2D eigenvalue weighted by Gasteiger charge is -2.04. The summed E-state index contributed by atoms with van der Waals surface area (Å²) in [6, 6.07) is 9.84. The normalized spacial score (nSPS) is 9.94. The number of carbonyl (C=O) groups excluding carboxylic acids is 1. The minimum Gasteiger partial charge on any atom is -0.506 e. The summed E-state index contributed by atoms with van der Waals surface area (Å²) in [4.78, 5) is 15.0. The summed E-state index contributed by atoms with van der Waals surface area (Å²) < 4.78 is 5.43. The first-order valence-electron chi connectivity index (χ1n) is 5.09. The van der Waals surface area contributed by atoms with Gasteiger partial charge in [0.1, 0.15) is 11.5 Å². The molecule has 4 heteroatoms. The highest BCUT2D eigenvalue weighted by molar-refractivity contribution is 5.94. The van der Waals surface area contributed by atoms with Crippen molar-refractivity contribution in [2.75, 3.05) is 0 Å². The number of rotatable bonds is 3. The predicted octanol–water partition coefficient (Wildman–Crippen LogP) is 2.78. The molecule has 86 valence electrons. The molecule has 1 N–H and O–H groups in total. The van der Waals surface area contributed by atoms with Crippen molar-refractivity contribution >= 4 is 5.78 Å². The SMILES string of the molecule is CC(=O)c1ccc(Oc2ccc(O)cn2)cc1. The second kappa shape index (κ2) is 4.65. The van der Waals surface area contributed by atoms with E-state index in [2.05, 4.69) is 4.98 Å². The zero-order valence-electron chi connectivity index (χ0n) is 9.25. The molecule has 1 heterocycles. The van der Waals surface area contributed by atoms with Crippen LogP contribution in [0.3, 0.4) is 0 Å². The van der Waals surface area contributed by atoms with Gasteiger partial charge in [-0.2, -0.15) is 0 Å². The zero-order chi connectivity index (χ0) is 12.3. The van der Waals surface area contributed by atoms with Gasteiger partial charge in [-0.15, -0.1) is 0 Å². The lowest BCUT2D eigenvalue weighted by molar-refractivity contribution is 0.101. The summed E-state index contributed by atoms with van der Waals surface area (Å²) in [5, 5.41) is 9.06. The van der Waals surface area contributed by atoms with E-state index in [0.29, 0.717) is 17.2 Å². The molecule has 1 aromatic heterocycles. The second-order valence-electron chi connectivity index (χ2n) is 3.54. The summed E-state index contributed by atoms with van der Waals surface area (Å²) in [6.45, 7) is 1.51. The Morgan fingerprint density at radius 1 is 1.18 bits per heavy atom. The highest BCUT2D eigenvalue weighted by atomic mass is 16.5. The largest absolute Gasteiger partial charge is 0.506 e. The van der Waals surface area contributed by atoms with Crippen LogP contribution in [0.15, 0.2) is 42.6 Å². The number of aromatic hydroxyl groups is 1. The monoisotopic (exact) mass is 229 g/mol. The van der Waals surface area contributed by atoms with Gasteiger partial charge in [0.15, 0.2) is 5.78 Å². The molecule has 2 aromatic rings. The first kappa shape index (κ1) is 11.1. The van der Waals surface area contributed by atoms with Gasteiger partial charge in [0, 0.05) is 11.6 Å². The maximum Gasteiger partial charge on any atom is 0.219 e. The Labute approximate surface area is 98.5 Å². The average molecular weight is 229 g/mol.